The first kappa shape index (κ1) is 13.9. The predicted molar refractivity (Wildman–Crippen MR) is 78.4 cm³/mol. The second-order valence-electron chi connectivity index (χ2n) is 3.97. The first-order valence-corrected chi connectivity index (χ1v) is 6.74. The number of amides is 1. The van der Waals surface area contributed by atoms with E-state index in [9.17, 15) is 9.90 Å². The highest BCUT2D eigenvalue weighted by Crippen LogP contribution is 2.21. The largest absolute Gasteiger partial charge is 0.508 e. The molecule has 0 heterocycles. The number of hydrogen-bond donors (Lipinski definition) is 2. The Bertz CT molecular complexity index is 599. The molecule has 0 fully saturated rings. The lowest BCUT2D eigenvalue weighted by atomic mass is 10.2. The Morgan fingerprint density at radius 2 is 1.89 bits per heavy atom. The summed E-state index contributed by atoms with van der Waals surface area (Å²) >= 11 is 9.18. The number of carbonyl (C=O) groups is 1. The predicted octanol–water partition coefficient (Wildman–Crippen LogP) is 3.74. The van der Waals surface area contributed by atoms with E-state index in [0.29, 0.717) is 21.6 Å². The van der Waals surface area contributed by atoms with Gasteiger partial charge in [-0.1, -0.05) is 23.7 Å². The van der Waals surface area contributed by atoms with Crippen LogP contribution in [-0.4, -0.2) is 11.0 Å². The highest BCUT2D eigenvalue weighted by molar-refractivity contribution is 9.10. The van der Waals surface area contributed by atoms with Gasteiger partial charge in [-0.25, -0.2) is 0 Å². The molecule has 2 aromatic carbocycles. The lowest BCUT2D eigenvalue weighted by Gasteiger charge is -2.07. The minimum absolute atomic E-state index is 0.202. The Morgan fingerprint density at radius 3 is 2.58 bits per heavy atom. The van der Waals surface area contributed by atoms with Crippen LogP contribution in [0.5, 0.6) is 5.75 Å². The third-order valence-corrected chi connectivity index (χ3v) is 3.49. The quantitative estimate of drug-likeness (QED) is 0.894. The van der Waals surface area contributed by atoms with Gasteiger partial charge in [0, 0.05) is 16.0 Å². The molecule has 0 aliphatic carbocycles. The van der Waals surface area contributed by atoms with Crippen LogP contribution in [-0.2, 0) is 6.54 Å². The van der Waals surface area contributed by atoms with Crippen LogP contribution in [0.25, 0.3) is 0 Å². The summed E-state index contributed by atoms with van der Waals surface area (Å²) in [4.78, 5) is 12.0. The molecular formula is C14H11BrClNO2. The van der Waals surface area contributed by atoms with E-state index < -0.39 is 0 Å². The molecule has 0 aliphatic rings. The third-order valence-electron chi connectivity index (χ3n) is 2.56. The normalized spacial score (nSPS) is 10.2. The van der Waals surface area contributed by atoms with Gasteiger partial charge in [0.2, 0.25) is 0 Å². The molecule has 2 aromatic rings. The smallest absolute Gasteiger partial charge is 0.252 e. The van der Waals surface area contributed by atoms with Gasteiger partial charge in [-0.05, 0) is 51.8 Å². The maximum Gasteiger partial charge on any atom is 0.252 e. The number of benzene rings is 2. The summed E-state index contributed by atoms with van der Waals surface area (Å²) in [6.07, 6.45) is 0. The van der Waals surface area contributed by atoms with Crippen molar-refractivity contribution in [2.45, 2.75) is 6.54 Å². The third kappa shape index (κ3) is 3.72. The van der Waals surface area contributed by atoms with E-state index >= 15 is 0 Å². The van der Waals surface area contributed by atoms with Gasteiger partial charge < -0.3 is 10.4 Å². The summed E-state index contributed by atoms with van der Waals surface area (Å²) in [5.41, 5.74) is 1.40. The van der Waals surface area contributed by atoms with Gasteiger partial charge in [0.05, 0.1) is 5.56 Å². The molecule has 0 saturated carbocycles. The molecule has 0 bridgehead atoms. The monoisotopic (exact) mass is 339 g/mol. The maximum atomic E-state index is 12.0. The van der Waals surface area contributed by atoms with Crippen LogP contribution in [0, 0.1) is 0 Å². The Balaban J connectivity index is 2.05. The number of halogens is 2. The van der Waals surface area contributed by atoms with E-state index in [4.69, 9.17) is 11.6 Å². The SMILES string of the molecule is O=C(NCc1ccc(O)cc1)c1cc(Cl)ccc1Br. The van der Waals surface area contributed by atoms with Crippen molar-refractivity contribution >= 4 is 33.4 Å². The topological polar surface area (TPSA) is 49.3 Å². The highest BCUT2D eigenvalue weighted by atomic mass is 79.9. The number of carbonyl (C=O) groups excluding carboxylic acids is 1. The zero-order valence-electron chi connectivity index (χ0n) is 9.86. The molecule has 0 aromatic heterocycles. The van der Waals surface area contributed by atoms with Crippen molar-refractivity contribution in [3.8, 4) is 5.75 Å². The minimum Gasteiger partial charge on any atom is -0.508 e. The van der Waals surface area contributed by atoms with Crippen molar-refractivity contribution in [1.82, 2.24) is 5.32 Å². The van der Waals surface area contributed by atoms with E-state index in [1.54, 1.807) is 42.5 Å². The first-order chi connectivity index (χ1) is 9.06. The molecule has 19 heavy (non-hydrogen) atoms. The highest BCUT2D eigenvalue weighted by Gasteiger charge is 2.10. The molecular weight excluding hydrogens is 330 g/mol. The first-order valence-electron chi connectivity index (χ1n) is 5.57. The van der Waals surface area contributed by atoms with Crippen molar-refractivity contribution in [1.29, 1.82) is 0 Å². The van der Waals surface area contributed by atoms with E-state index in [0.717, 1.165) is 5.56 Å². The second kappa shape index (κ2) is 6.08. The molecule has 0 atom stereocenters. The fourth-order valence-corrected chi connectivity index (χ4v) is 2.16. The van der Waals surface area contributed by atoms with E-state index in [1.165, 1.54) is 0 Å². The number of aromatic hydroxyl groups is 1. The summed E-state index contributed by atoms with van der Waals surface area (Å²) in [7, 11) is 0. The molecule has 0 aliphatic heterocycles. The van der Waals surface area contributed by atoms with Crippen molar-refractivity contribution in [2.75, 3.05) is 0 Å². The summed E-state index contributed by atoms with van der Waals surface area (Å²) < 4.78 is 0.695. The zero-order valence-corrected chi connectivity index (χ0v) is 12.2. The van der Waals surface area contributed by atoms with E-state index in [2.05, 4.69) is 21.2 Å². The van der Waals surface area contributed by atoms with Crippen molar-refractivity contribution < 1.29 is 9.90 Å². The molecule has 0 saturated heterocycles. The van der Waals surface area contributed by atoms with Crippen molar-refractivity contribution in [3.05, 3.63) is 63.1 Å². The van der Waals surface area contributed by atoms with Gasteiger partial charge >= 0.3 is 0 Å². The molecule has 3 nitrogen and oxygen atoms in total. The lowest BCUT2D eigenvalue weighted by Crippen LogP contribution is -2.23. The van der Waals surface area contributed by atoms with Crippen molar-refractivity contribution in [2.24, 2.45) is 0 Å². The summed E-state index contributed by atoms with van der Waals surface area (Å²) in [5.74, 6) is -0.00453. The number of rotatable bonds is 3. The Labute approximate surface area is 124 Å². The zero-order chi connectivity index (χ0) is 13.8. The molecule has 1 amide bonds. The summed E-state index contributed by atoms with van der Waals surface area (Å²) in [6, 6.07) is 11.7. The molecule has 0 radical (unpaired) electrons. The standard InChI is InChI=1S/C14H11BrClNO2/c15-13-6-3-10(16)7-12(13)14(19)17-8-9-1-4-11(18)5-2-9/h1-7,18H,8H2,(H,17,19). The van der Waals surface area contributed by atoms with Crippen LogP contribution in [0.2, 0.25) is 5.02 Å². The fraction of sp³-hybridized carbons (Fsp3) is 0.0714. The van der Waals surface area contributed by atoms with Gasteiger partial charge in [-0.3, -0.25) is 4.79 Å². The fourth-order valence-electron chi connectivity index (χ4n) is 1.56. The Kier molecular flexibility index (Phi) is 4.45. The average molecular weight is 341 g/mol. The molecule has 0 spiro atoms. The van der Waals surface area contributed by atoms with Gasteiger partial charge in [0.1, 0.15) is 5.75 Å². The number of hydrogen-bond acceptors (Lipinski definition) is 2. The number of phenolic OH excluding ortho intramolecular Hbond substituents is 1. The van der Waals surface area contributed by atoms with Crippen LogP contribution in [0.3, 0.4) is 0 Å². The lowest BCUT2D eigenvalue weighted by molar-refractivity contribution is 0.0950. The van der Waals surface area contributed by atoms with Gasteiger partial charge in [0.15, 0.2) is 0 Å². The molecule has 2 rings (SSSR count). The van der Waals surface area contributed by atoms with Gasteiger partial charge in [-0.2, -0.15) is 0 Å². The van der Waals surface area contributed by atoms with Gasteiger partial charge in [-0.15, -0.1) is 0 Å². The van der Waals surface area contributed by atoms with E-state index in [1.807, 2.05) is 0 Å². The van der Waals surface area contributed by atoms with Gasteiger partial charge in [0.25, 0.3) is 5.91 Å². The van der Waals surface area contributed by atoms with Crippen LogP contribution >= 0.6 is 27.5 Å². The van der Waals surface area contributed by atoms with Crippen LogP contribution in [0.1, 0.15) is 15.9 Å². The minimum atomic E-state index is -0.206. The molecule has 5 heteroatoms. The molecule has 0 unspecified atom stereocenters. The average Bonchev–Trinajstić information content (AvgIpc) is 2.40. The van der Waals surface area contributed by atoms with Crippen molar-refractivity contribution in [3.63, 3.8) is 0 Å². The number of phenols is 1. The van der Waals surface area contributed by atoms with Crippen LogP contribution in [0.4, 0.5) is 0 Å². The maximum absolute atomic E-state index is 12.0. The summed E-state index contributed by atoms with van der Waals surface area (Å²) in [5, 5.41) is 12.5. The Morgan fingerprint density at radius 1 is 1.21 bits per heavy atom. The summed E-state index contributed by atoms with van der Waals surface area (Å²) in [6.45, 7) is 0.387. The molecule has 2 N–H and O–H groups in total. The Hall–Kier alpha value is -1.52. The van der Waals surface area contributed by atoms with E-state index in [-0.39, 0.29) is 11.7 Å². The second-order valence-corrected chi connectivity index (χ2v) is 5.26. The van der Waals surface area contributed by atoms with Crippen LogP contribution in [0.15, 0.2) is 46.9 Å². The van der Waals surface area contributed by atoms with Crippen LogP contribution < -0.4 is 5.32 Å². The molecule has 98 valence electrons. The number of nitrogens with one attached hydrogen (secondary N) is 1.